The van der Waals surface area contributed by atoms with Crippen molar-refractivity contribution in [3.8, 4) is 23.0 Å². The summed E-state index contributed by atoms with van der Waals surface area (Å²) in [6.45, 7) is 8.28. The number of hydrogen-bond acceptors (Lipinski definition) is 7. The van der Waals surface area contributed by atoms with Gasteiger partial charge in [-0.1, -0.05) is 333 Å². The van der Waals surface area contributed by atoms with Crippen LogP contribution in [0.1, 0.15) is 22.3 Å². The van der Waals surface area contributed by atoms with Crippen molar-refractivity contribution in [2.24, 2.45) is 0 Å². The number of nitrogens with zero attached hydrogens (tertiary/aromatic N) is 4. The standard InChI is InChI=1S/C112H81B3N4O2SSi2/c1-74-38-36-39-75(2)111(74)118-98-72-104-94(70-92(98)113-90-60-32-34-62-96(90)116(78-42-14-5-15-43-78)100-64-81(65-101(118)108(100)113)122-80-46-18-7-19-47-80)115-95-71-93-99(73-105(95)121-107-69-89(68-106(120-104)110(107)115)124(85-54-26-11-27-55-85,86-56-28-12-29-57-86)87-58-30-13-31-59-87)119(112-76(3)40-37-41-77(112)4)103-67-88(66-102-109(103)114(93)91-61-33-35-63-97(91)117(102)79-44-16-6-17-45-79)123(82-48-20-8-21-49-82,83-50-22-9-23-51-83)84-52-24-10-25-53-84/h5-73H,1-4H3. The average Bonchev–Trinajstić information content (AvgIpc) is 0.682. The average molecular weight is 1640 g/mol. The zero-order chi connectivity index (χ0) is 82.5. The summed E-state index contributed by atoms with van der Waals surface area (Å²) in [7, 11) is -6.61. The van der Waals surface area contributed by atoms with Crippen molar-refractivity contribution in [3.63, 3.8) is 0 Å². The van der Waals surface area contributed by atoms with Gasteiger partial charge in [0.1, 0.15) is 23.0 Å². The molecule has 0 unspecified atom stereocenters. The van der Waals surface area contributed by atoms with Gasteiger partial charge in [-0.25, -0.2) is 0 Å². The first-order valence-corrected chi connectivity index (χ1v) is 47.9. The lowest BCUT2D eigenvalue weighted by Crippen LogP contribution is -2.75. The number of rotatable bonds is 14. The highest BCUT2D eigenvalue weighted by atomic mass is 32.2. The van der Waals surface area contributed by atoms with Gasteiger partial charge < -0.3 is 29.1 Å². The predicted molar refractivity (Wildman–Crippen MR) is 529 cm³/mol. The van der Waals surface area contributed by atoms with Gasteiger partial charge in [0.05, 0.1) is 11.4 Å². The first kappa shape index (κ1) is 73.6. The lowest BCUT2D eigenvalue weighted by Gasteiger charge is -2.47. The third kappa shape index (κ3) is 11.2. The fourth-order valence-electron chi connectivity index (χ4n) is 22.1. The summed E-state index contributed by atoms with van der Waals surface area (Å²) in [6.07, 6.45) is 0. The molecule has 0 spiro atoms. The fourth-order valence-corrected chi connectivity index (χ4v) is 32.6. The van der Waals surface area contributed by atoms with E-state index in [2.05, 4.69) is 466 Å². The summed E-state index contributed by atoms with van der Waals surface area (Å²) in [5.41, 5.74) is 28.8. The third-order valence-electron chi connectivity index (χ3n) is 27.1. The second-order valence-corrected chi connectivity index (χ2v) is 42.6. The van der Waals surface area contributed by atoms with Crippen LogP contribution in [0.5, 0.6) is 23.0 Å². The highest BCUT2D eigenvalue weighted by Crippen LogP contribution is 2.52. The van der Waals surface area contributed by atoms with Crippen LogP contribution in [0.4, 0.5) is 68.2 Å². The number of para-hydroxylation sites is 6. The molecular formula is C112H81B3N4O2SSi2. The molecule has 6 aliphatic rings. The minimum atomic E-state index is -3.32. The van der Waals surface area contributed by atoms with Gasteiger partial charge in [-0.3, -0.25) is 0 Å². The van der Waals surface area contributed by atoms with Crippen molar-refractivity contribution in [2.45, 2.75) is 37.5 Å². The van der Waals surface area contributed by atoms with E-state index < -0.39 is 22.9 Å². The second kappa shape index (κ2) is 29.2. The largest absolute Gasteiger partial charge is 0.458 e. The molecule has 6 aliphatic heterocycles. The summed E-state index contributed by atoms with van der Waals surface area (Å²) in [4.78, 5) is 12.7. The van der Waals surface area contributed by atoms with Crippen LogP contribution in [0.25, 0.3) is 0 Å². The number of fused-ring (bicyclic) bond motifs is 12. The van der Waals surface area contributed by atoms with Crippen molar-refractivity contribution in [1.82, 2.24) is 0 Å². The van der Waals surface area contributed by atoms with E-state index in [1.165, 1.54) is 96.2 Å². The molecule has 18 aromatic carbocycles. The summed E-state index contributed by atoms with van der Waals surface area (Å²) in [5.74, 6) is 3.18. The molecule has 0 bridgehead atoms. The Kier molecular flexibility index (Phi) is 17.4. The van der Waals surface area contributed by atoms with Crippen molar-refractivity contribution >= 4 is 207 Å². The van der Waals surface area contributed by atoms with Crippen LogP contribution in [0.2, 0.25) is 0 Å². The molecule has 0 fully saturated rings. The fraction of sp³-hybridized carbons (Fsp3) is 0.0357. The normalized spacial score (nSPS) is 13.4. The van der Waals surface area contributed by atoms with Crippen LogP contribution in [0, 0.1) is 27.7 Å². The van der Waals surface area contributed by atoms with E-state index >= 15 is 0 Å². The Morgan fingerprint density at radius 1 is 0.210 bits per heavy atom. The van der Waals surface area contributed by atoms with Crippen LogP contribution in [-0.4, -0.2) is 36.3 Å². The van der Waals surface area contributed by atoms with Gasteiger partial charge in [-0.2, -0.15) is 0 Å². The van der Waals surface area contributed by atoms with E-state index in [0.717, 1.165) is 118 Å². The molecule has 18 aromatic rings. The van der Waals surface area contributed by atoms with Crippen LogP contribution >= 0.6 is 11.8 Å². The maximum Gasteiger partial charge on any atom is 0.260 e. The maximum absolute atomic E-state index is 8.26. The van der Waals surface area contributed by atoms with Crippen molar-refractivity contribution in [1.29, 1.82) is 0 Å². The van der Waals surface area contributed by atoms with Crippen molar-refractivity contribution in [2.75, 3.05) is 19.6 Å². The number of anilines is 12. The van der Waals surface area contributed by atoms with Gasteiger partial charge in [0.25, 0.3) is 20.1 Å². The predicted octanol–water partition coefficient (Wildman–Crippen LogP) is 16.7. The van der Waals surface area contributed by atoms with E-state index in [9.17, 15) is 0 Å². The summed E-state index contributed by atoms with van der Waals surface area (Å²) in [5, 5.41) is 10.1. The topological polar surface area (TPSA) is 31.4 Å². The molecule has 6 heterocycles. The lowest BCUT2D eigenvalue weighted by molar-refractivity contribution is 0.465. The first-order valence-electron chi connectivity index (χ1n) is 43.1. The maximum atomic E-state index is 8.26. The van der Waals surface area contributed by atoms with Gasteiger partial charge in [0, 0.05) is 84.3 Å². The highest BCUT2D eigenvalue weighted by Gasteiger charge is 2.54. The van der Waals surface area contributed by atoms with E-state index in [-0.39, 0.29) is 13.4 Å². The van der Waals surface area contributed by atoms with Crippen LogP contribution < -0.4 is 120 Å². The molecule has 6 nitrogen and oxygen atoms in total. The Labute approximate surface area is 731 Å². The number of ether oxygens (including phenoxy) is 2. The molecule has 0 aromatic heterocycles. The molecule has 0 amide bonds. The summed E-state index contributed by atoms with van der Waals surface area (Å²) in [6, 6.07) is 158. The van der Waals surface area contributed by atoms with Gasteiger partial charge in [-0.05, 0) is 220 Å². The Balaban J connectivity index is 0.821. The van der Waals surface area contributed by atoms with Gasteiger partial charge in [0.2, 0.25) is 0 Å². The molecule has 0 saturated heterocycles. The molecule has 0 N–H and O–H groups in total. The van der Waals surface area contributed by atoms with Crippen molar-refractivity contribution in [3.05, 3.63) is 441 Å². The molecule has 24 rings (SSSR count). The number of aryl methyl sites for hydroxylation is 4. The Morgan fingerprint density at radius 3 is 0.879 bits per heavy atom. The molecule has 584 valence electrons. The zero-order valence-corrected chi connectivity index (χ0v) is 71.9. The first-order chi connectivity index (χ1) is 61.2. The Hall–Kier alpha value is -14.3. The third-order valence-corrected chi connectivity index (χ3v) is 37.6. The molecule has 12 heteroatoms. The zero-order valence-electron chi connectivity index (χ0n) is 69.1. The highest BCUT2D eigenvalue weighted by molar-refractivity contribution is 7.99. The second-order valence-electron chi connectivity index (χ2n) is 33.8. The van der Waals surface area contributed by atoms with E-state index in [0.29, 0.717) is 0 Å². The molecule has 0 radical (unpaired) electrons. The monoisotopic (exact) mass is 1630 g/mol. The van der Waals surface area contributed by atoms with Gasteiger partial charge >= 0.3 is 0 Å². The van der Waals surface area contributed by atoms with Gasteiger partial charge in [0.15, 0.2) is 16.1 Å². The smallest absolute Gasteiger partial charge is 0.260 e. The molecule has 124 heavy (non-hydrogen) atoms. The van der Waals surface area contributed by atoms with E-state index in [1.807, 2.05) is 11.8 Å². The van der Waals surface area contributed by atoms with Crippen LogP contribution in [0.15, 0.2) is 428 Å². The van der Waals surface area contributed by atoms with Gasteiger partial charge in [-0.15, -0.1) is 0 Å². The van der Waals surface area contributed by atoms with E-state index in [1.54, 1.807) is 0 Å². The van der Waals surface area contributed by atoms with Crippen LogP contribution in [-0.2, 0) is 0 Å². The van der Waals surface area contributed by atoms with Crippen LogP contribution in [0.3, 0.4) is 0 Å². The Bertz CT molecular complexity index is 7080. The SMILES string of the molecule is Cc1cccc(C)c1N1c2cc3c(cc2B2c4ccccc4N(c4ccccc4)c4cc(Sc5ccccc5)cc1c42)B1c2cc4c(cc2Oc2cc([Si](c5ccccc5)(c5ccccc5)c5ccccc5)cc(c21)O3)N(c1c(C)cccc1C)c1cc([Si](c2ccccc2)(c2ccccc2)c2ccccc2)cc2c1B4c1ccccc1N2c1ccccc1. The summed E-state index contributed by atoms with van der Waals surface area (Å²) < 4.78 is 16.5. The lowest BCUT2D eigenvalue weighted by atomic mass is 9.29. The number of hydrogen-bond donors (Lipinski definition) is 0. The molecule has 0 atom stereocenters. The quantitative estimate of drug-likeness (QED) is 0.0792. The minimum Gasteiger partial charge on any atom is -0.458 e. The van der Waals surface area contributed by atoms with Crippen molar-refractivity contribution < 1.29 is 9.47 Å². The molecular weight excluding hydrogens is 1550 g/mol. The summed E-state index contributed by atoms with van der Waals surface area (Å²) >= 11 is 1.81. The Morgan fingerprint density at radius 2 is 0.508 bits per heavy atom. The molecule has 0 aliphatic carbocycles. The minimum absolute atomic E-state index is 0.220. The van der Waals surface area contributed by atoms with E-state index in [4.69, 9.17) is 9.47 Å². The molecule has 0 saturated carbocycles. The number of benzene rings is 18.